The number of nitrogens with zero attached hydrogens (tertiary/aromatic N) is 2. The topological polar surface area (TPSA) is 58.1 Å². The zero-order valence-electron chi connectivity index (χ0n) is 18.2. The van der Waals surface area contributed by atoms with Gasteiger partial charge >= 0.3 is 0 Å². The number of hydrogen-bond donors (Lipinski definition) is 2. The number of hydrogen-bond acceptors (Lipinski definition) is 4. The van der Waals surface area contributed by atoms with E-state index < -0.39 is 0 Å². The Labute approximate surface area is 165 Å². The van der Waals surface area contributed by atoms with E-state index in [0.29, 0.717) is 6.61 Å². The second-order valence-electron chi connectivity index (χ2n) is 7.78. The fourth-order valence-corrected chi connectivity index (χ4v) is 3.10. The first-order valence-corrected chi connectivity index (χ1v) is 9.70. The van der Waals surface area contributed by atoms with Crippen molar-refractivity contribution < 1.29 is 9.47 Å². The number of aliphatic imine (C=N–C) groups is 1. The number of ether oxygens (including phenoxy) is 2. The van der Waals surface area contributed by atoms with Gasteiger partial charge in [0.1, 0.15) is 0 Å². The molecule has 27 heavy (non-hydrogen) atoms. The molecule has 0 saturated carbocycles. The summed E-state index contributed by atoms with van der Waals surface area (Å²) in [6.45, 7) is 9.89. The van der Waals surface area contributed by atoms with Crippen molar-refractivity contribution in [1.82, 2.24) is 15.5 Å². The number of aryl methyl sites for hydroxylation is 1. The largest absolute Gasteiger partial charge is 0.493 e. The van der Waals surface area contributed by atoms with Crippen molar-refractivity contribution in [3.05, 3.63) is 23.8 Å². The molecule has 154 valence electrons. The Bertz CT molecular complexity index is 586. The normalized spacial score (nSPS) is 12.2. The van der Waals surface area contributed by atoms with Gasteiger partial charge in [-0.15, -0.1) is 0 Å². The molecule has 0 aliphatic rings. The van der Waals surface area contributed by atoms with Crippen molar-refractivity contribution in [3.63, 3.8) is 0 Å². The van der Waals surface area contributed by atoms with Gasteiger partial charge in [0.2, 0.25) is 0 Å². The van der Waals surface area contributed by atoms with Gasteiger partial charge in [0.15, 0.2) is 17.5 Å². The Balaban J connectivity index is 2.42. The van der Waals surface area contributed by atoms with Gasteiger partial charge in [0.05, 0.1) is 13.7 Å². The molecule has 1 aromatic rings. The molecule has 2 N–H and O–H groups in total. The number of methoxy groups -OCH3 is 1. The van der Waals surface area contributed by atoms with E-state index in [4.69, 9.17) is 9.47 Å². The molecule has 0 aromatic heterocycles. The Kier molecular flexibility index (Phi) is 10.0. The lowest BCUT2D eigenvalue weighted by atomic mass is 9.93. The third kappa shape index (κ3) is 9.00. The molecule has 1 rings (SSSR count). The zero-order valence-corrected chi connectivity index (χ0v) is 18.2. The van der Waals surface area contributed by atoms with Crippen molar-refractivity contribution in [2.75, 3.05) is 54.5 Å². The first-order chi connectivity index (χ1) is 12.8. The van der Waals surface area contributed by atoms with Crippen LogP contribution in [0.5, 0.6) is 11.5 Å². The molecule has 0 heterocycles. The molecule has 0 amide bonds. The van der Waals surface area contributed by atoms with E-state index in [1.165, 1.54) is 5.56 Å². The highest BCUT2D eigenvalue weighted by molar-refractivity contribution is 5.79. The van der Waals surface area contributed by atoms with E-state index in [9.17, 15) is 0 Å². The molecule has 0 aliphatic carbocycles. The molecule has 0 saturated heterocycles. The highest BCUT2D eigenvalue weighted by atomic mass is 16.5. The van der Waals surface area contributed by atoms with Crippen molar-refractivity contribution in [2.24, 2.45) is 10.4 Å². The smallest absolute Gasteiger partial charge is 0.190 e. The third-order valence-electron chi connectivity index (χ3n) is 4.16. The summed E-state index contributed by atoms with van der Waals surface area (Å²) in [6, 6.07) is 6.14. The second-order valence-corrected chi connectivity index (χ2v) is 7.78. The average Bonchev–Trinajstić information content (AvgIpc) is 2.60. The molecule has 0 radical (unpaired) electrons. The molecule has 6 nitrogen and oxygen atoms in total. The molecule has 0 fully saturated rings. The molecule has 6 heteroatoms. The van der Waals surface area contributed by atoms with Crippen LogP contribution < -0.4 is 20.1 Å². The summed E-state index contributed by atoms with van der Waals surface area (Å²) in [4.78, 5) is 6.53. The summed E-state index contributed by atoms with van der Waals surface area (Å²) < 4.78 is 11.0. The van der Waals surface area contributed by atoms with Crippen LogP contribution in [-0.2, 0) is 6.42 Å². The fraction of sp³-hybridized carbons (Fsp3) is 0.667. The maximum Gasteiger partial charge on any atom is 0.190 e. The minimum absolute atomic E-state index is 0.180. The van der Waals surface area contributed by atoms with E-state index >= 15 is 0 Å². The van der Waals surface area contributed by atoms with Crippen molar-refractivity contribution in [1.29, 1.82) is 0 Å². The molecular weight excluding hydrogens is 340 g/mol. The summed E-state index contributed by atoms with van der Waals surface area (Å²) in [5.41, 5.74) is 1.43. The van der Waals surface area contributed by atoms with Crippen molar-refractivity contribution >= 4 is 5.96 Å². The van der Waals surface area contributed by atoms with Crippen LogP contribution in [0.15, 0.2) is 23.2 Å². The first-order valence-electron chi connectivity index (χ1n) is 9.70. The molecule has 0 atom stereocenters. The van der Waals surface area contributed by atoms with Gasteiger partial charge in [-0.05, 0) is 57.0 Å². The molecule has 1 aromatic carbocycles. The van der Waals surface area contributed by atoms with E-state index in [0.717, 1.165) is 49.9 Å². The highest BCUT2D eigenvalue weighted by Crippen LogP contribution is 2.28. The maximum absolute atomic E-state index is 5.65. The first kappa shape index (κ1) is 23.1. The van der Waals surface area contributed by atoms with Gasteiger partial charge in [-0.3, -0.25) is 4.99 Å². The van der Waals surface area contributed by atoms with Crippen molar-refractivity contribution in [2.45, 2.75) is 33.6 Å². The standard InChI is InChI=1S/C21H38N4O2/c1-8-27-19-14-17(11-12-18(19)26-7)10-9-13-23-20(22-4)24-15-21(2,3)16-25(5)6/h11-12,14H,8-10,13,15-16H2,1-7H3,(H2,22,23,24). The lowest BCUT2D eigenvalue weighted by molar-refractivity contribution is 0.241. The van der Waals surface area contributed by atoms with E-state index in [-0.39, 0.29) is 5.41 Å². The van der Waals surface area contributed by atoms with Crippen LogP contribution in [0.1, 0.15) is 32.8 Å². The Morgan fingerprint density at radius 2 is 1.93 bits per heavy atom. The van der Waals surface area contributed by atoms with E-state index in [1.807, 2.05) is 20.0 Å². The Morgan fingerprint density at radius 1 is 1.19 bits per heavy atom. The lowest BCUT2D eigenvalue weighted by Crippen LogP contribution is -2.45. The van der Waals surface area contributed by atoms with E-state index in [1.54, 1.807) is 7.11 Å². The minimum atomic E-state index is 0.180. The predicted octanol–water partition coefficient (Wildman–Crippen LogP) is 2.78. The Hall–Kier alpha value is -1.95. The van der Waals surface area contributed by atoms with Crippen LogP contribution in [0.25, 0.3) is 0 Å². The van der Waals surface area contributed by atoms with Gasteiger partial charge in [-0.2, -0.15) is 0 Å². The number of nitrogens with one attached hydrogen (secondary N) is 2. The van der Waals surface area contributed by atoms with Crippen molar-refractivity contribution in [3.8, 4) is 11.5 Å². The minimum Gasteiger partial charge on any atom is -0.493 e. The summed E-state index contributed by atoms with van der Waals surface area (Å²) in [6.07, 6.45) is 1.99. The molecule has 0 bridgehead atoms. The average molecular weight is 379 g/mol. The summed E-state index contributed by atoms with van der Waals surface area (Å²) in [5, 5.41) is 6.83. The zero-order chi connectivity index (χ0) is 20.3. The number of benzene rings is 1. The highest BCUT2D eigenvalue weighted by Gasteiger charge is 2.19. The van der Waals surface area contributed by atoms with Gasteiger partial charge in [0.25, 0.3) is 0 Å². The van der Waals surface area contributed by atoms with Gasteiger partial charge in [-0.25, -0.2) is 0 Å². The monoisotopic (exact) mass is 378 g/mol. The van der Waals surface area contributed by atoms with Gasteiger partial charge in [0, 0.05) is 26.7 Å². The fourth-order valence-electron chi connectivity index (χ4n) is 3.10. The van der Waals surface area contributed by atoms with Crippen LogP contribution in [-0.4, -0.2) is 65.4 Å². The summed E-state index contributed by atoms with van der Waals surface area (Å²) in [5.74, 6) is 2.45. The second kappa shape index (κ2) is 11.7. The maximum atomic E-state index is 5.65. The quantitative estimate of drug-likeness (QED) is 0.352. The van der Waals surface area contributed by atoms with Crippen LogP contribution in [0.2, 0.25) is 0 Å². The summed E-state index contributed by atoms with van der Waals surface area (Å²) >= 11 is 0. The Morgan fingerprint density at radius 3 is 2.52 bits per heavy atom. The van der Waals surface area contributed by atoms with E-state index in [2.05, 4.69) is 60.6 Å². The number of guanidine groups is 1. The number of rotatable bonds is 11. The lowest BCUT2D eigenvalue weighted by Gasteiger charge is -2.29. The van der Waals surface area contributed by atoms with Crippen LogP contribution in [0.4, 0.5) is 0 Å². The SMILES string of the molecule is CCOc1cc(CCCNC(=NC)NCC(C)(C)CN(C)C)ccc1OC. The van der Waals surface area contributed by atoms with Crippen LogP contribution >= 0.6 is 0 Å². The van der Waals surface area contributed by atoms with Gasteiger partial charge in [-0.1, -0.05) is 19.9 Å². The summed E-state index contributed by atoms with van der Waals surface area (Å²) in [7, 11) is 7.68. The molecule has 0 aliphatic heterocycles. The van der Waals surface area contributed by atoms with Crippen LogP contribution in [0.3, 0.4) is 0 Å². The third-order valence-corrected chi connectivity index (χ3v) is 4.16. The molecule has 0 spiro atoms. The molecular formula is C21H38N4O2. The predicted molar refractivity (Wildman–Crippen MR) is 114 cm³/mol. The van der Waals surface area contributed by atoms with Gasteiger partial charge < -0.3 is 25.0 Å². The molecule has 0 unspecified atom stereocenters. The van der Waals surface area contributed by atoms with Crippen LogP contribution in [0, 0.1) is 5.41 Å².